The molecule has 0 saturated heterocycles. The van der Waals surface area contributed by atoms with Crippen LogP contribution in [0.5, 0.6) is 0 Å². The van der Waals surface area contributed by atoms with E-state index in [0.29, 0.717) is 5.52 Å². The smallest absolute Gasteiger partial charge is 0.227 e. The zero-order chi connectivity index (χ0) is 18.9. The van der Waals surface area contributed by atoms with Crippen molar-refractivity contribution in [2.24, 2.45) is 5.92 Å². The predicted octanol–water partition coefficient (Wildman–Crippen LogP) is 3.03. The number of fused-ring (bicyclic) bond motifs is 1. The van der Waals surface area contributed by atoms with Crippen molar-refractivity contribution in [3.8, 4) is 0 Å². The average molecular weight is 350 g/mol. The predicted molar refractivity (Wildman–Crippen MR) is 97.2 cm³/mol. The van der Waals surface area contributed by atoms with Crippen molar-refractivity contribution >= 4 is 22.5 Å². The molecular weight excluding hydrogens is 323 g/mol. The minimum Gasteiger partial charge on any atom is -0.394 e. The van der Waals surface area contributed by atoms with E-state index in [1.807, 2.05) is 31.4 Å². The van der Waals surface area contributed by atoms with Crippen molar-refractivity contribution in [3.05, 3.63) is 29.7 Å². The van der Waals surface area contributed by atoms with Crippen LogP contribution in [0.1, 0.15) is 40.3 Å². The highest BCUT2D eigenvalue weighted by atomic mass is 19.1. The third-order valence-electron chi connectivity index (χ3n) is 4.14. The Hall–Kier alpha value is -1.92. The van der Waals surface area contributed by atoms with E-state index in [-0.39, 0.29) is 36.1 Å². The lowest BCUT2D eigenvalue weighted by atomic mass is 9.92. The van der Waals surface area contributed by atoms with Crippen LogP contribution in [-0.2, 0) is 16.8 Å². The molecule has 0 fully saturated rings. The van der Waals surface area contributed by atoms with Crippen molar-refractivity contribution in [1.29, 1.82) is 0 Å². The maximum absolute atomic E-state index is 14.5. The zero-order valence-electron chi connectivity index (χ0n) is 15.4. The van der Waals surface area contributed by atoms with Gasteiger partial charge in [0.1, 0.15) is 5.82 Å². The van der Waals surface area contributed by atoms with Crippen LogP contribution in [0.15, 0.2) is 18.2 Å². The lowest BCUT2D eigenvalue weighted by molar-refractivity contribution is -0.118. The number of nitrogens with zero attached hydrogens (tertiary/aromatic N) is 1. The molecule has 1 atom stereocenters. The van der Waals surface area contributed by atoms with Crippen molar-refractivity contribution in [3.63, 3.8) is 0 Å². The first kappa shape index (κ1) is 19.4. The Morgan fingerprint density at radius 1 is 1.28 bits per heavy atom. The van der Waals surface area contributed by atoms with Gasteiger partial charge in [-0.25, -0.2) is 4.39 Å². The Morgan fingerprint density at radius 3 is 2.44 bits per heavy atom. The van der Waals surface area contributed by atoms with Gasteiger partial charge in [0.15, 0.2) is 0 Å². The molecule has 1 aromatic carbocycles. The lowest BCUT2D eigenvalue weighted by Crippen LogP contribution is -2.25. The number of benzene rings is 1. The molecule has 3 N–H and O–H groups in total. The highest BCUT2D eigenvalue weighted by Gasteiger charge is 2.23. The van der Waals surface area contributed by atoms with Crippen LogP contribution in [0, 0.1) is 11.7 Å². The van der Waals surface area contributed by atoms with Crippen molar-refractivity contribution < 1.29 is 19.4 Å². The molecule has 0 unspecified atom stereocenters. The van der Waals surface area contributed by atoms with Crippen molar-refractivity contribution in [2.45, 2.75) is 52.7 Å². The summed E-state index contributed by atoms with van der Waals surface area (Å²) in [5.41, 5.74) is 1.46. The van der Waals surface area contributed by atoms with E-state index in [4.69, 9.17) is 5.11 Å². The van der Waals surface area contributed by atoms with Crippen LogP contribution in [0.4, 0.5) is 10.1 Å². The minimum absolute atomic E-state index is 0.145. The summed E-state index contributed by atoms with van der Waals surface area (Å²) in [4.78, 5) is 11.9. The number of aliphatic hydroxyl groups excluding tert-OH is 2. The van der Waals surface area contributed by atoms with Gasteiger partial charge in [0, 0.05) is 28.5 Å². The quantitative estimate of drug-likeness (QED) is 0.776. The molecule has 0 aliphatic heterocycles. The highest BCUT2D eigenvalue weighted by molar-refractivity contribution is 5.95. The molecule has 0 bridgehead atoms. The number of hydrogen-bond acceptors (Lipinski definition) is 3. The van der Waals surface area contributed by atoms with Crippen LogP contribution in [-0.4, -0.2) is 33.4 Å². The van der Waals surface area contributed by atoms with Gasteiger partial charge < -0.3 is 20.1 Å². The van der Waals surface area contributed by atoms with Gasteiger partial charge in [-0.05, 0) is 12.1 Å². The third-order valence-corrected chi connectivity index (χ3v) is 4.14. The summed E-state index contributed by atoms with van der Waals surface area (Å²) in [5.74, 6) is -1.02. The Morgan fingerprint density at radius 2 is 1.92 bits per heavy atom. The van der Waals surface area contributed by atoms with E-state index >= 15 is 0 Å². The Labute approximate surface area is 147 Å². The fourth-order valence-electron chi connectivity index (χ4n) is 2.74. The summed E-state index contributed by atoms with van der Waals surface area (Å²) in [5, 5.41) is 22.4. The molecule has 0 radical (unpaired) electrons. The second-order valence-electron chi connectivity index (χ2n) is 7.76. The summed E-state index contributed by atoms with van der Waals surface area (Å²) in [7, 11) is 0. The Bertz CT molecular complexity index is 775. The van der Waals surface area contributed by atoms with Crippen LogP contribution in [0.3, 0.4) is 0 Å². The average Bonchev–Trinajstić information content (AvgIpc) is 2.85. The van der Waals surface area contributed by atoms with E-state index < -0.39 is 11.9 Å². The summed E-state index contributed by atoms with van der Waals surface area (Å²) in [6.45, 7) is 9.38. The molecule has 0 aliphatic rings. The number of anilines is 1. The Kier molecular flexibility index (Phi) is 5.54. The number of nitrogens with one attached hydrogen (secondary N) is 1. The molecule has 0 aliphatic carbocycles. The van der Waals surface area contributed by atoms with Crippen molar-refractivity contribution in [1.82, 2.24) is 4.57 Å². The fourth-order valence-corrected chi connectivity index (χ4v) is 2.74. The summed E-state index contributed by atoms with van der Waals surface area (Å²) < 4.78 is 16.3. The van der Waals surface area contributed by atoms with E-state index in [9.17, 15) is 14.3 Å². The molecule has 1 heterocycles. The molecule has 25 heavy (non-hydrogen) atoms. The van der Waals surface area contributed by atoms with Gasteiger partial charge in [0.2, 0.25) is 5.91 Å². The molecule has 0 saturated carbocycles. The van der Waals surface area contributed by atoms with E-state index in [1.54, 1.807) is 19.9 Å². The van der Waals surface area contributed by atoms with E-state index in [2.05, 4.69) is 5.32 Å². The van der Waals surface area contributed by atoms with Gasteiger partial charge >= 0.3 is 0 Å². The van der Waals surface area contributed by atoms with Crippen LogP contribution in [0.2, 0.25) is 0 Å². The first-order chi connectivity index (χ1) is 11.5. The standard InChI is InChI=1S/C19H27FN2O3/c1-11(2)18(25)21-15-6-12-7-17(19(3,4)5)22(9-13(24)10-23)16(12)8-14(15)20/h6-8,11,13,23-24H,9-10H2,1-5H3,(H,21,25)/t13-/m1/s1. The second-order valence-corrected chi connectivity index (χ2v) is 7.76. The maximum Gasteiger partial charge on any atom is 0.227 e. The van der Waals surface area contributed by atoms with Gasteiger partial charge in [-0.15, -0.1) is 0 Å². The van der Waals surface area contributed by atoms with E-state index in [0.717, 1.165) is 11.1 Å². The first-order valence-electron chi connectivity index (χ1n) is 8.47. The van der Waals surface area contributed by atoms with Gasteiger partial charge in [-0.2, -0.15) is 0 Å². The number of rotatable bonds is 5. The molecule has 2 rings (SSSR count). The number of carbonyl (C=O) groups is 1. The first-order valence-corrected chi connectivity index (χ1v) is 8.47. The second kappa shape index (κ2) is 7.14. The zero-order valence-corrected chi connectivity index (χ0v) is 15.4. The third kappa shape index (κ3) is 4.19. The van der Waals surface area contributed by atoms with Crippen LogP contribution >= 0.6 is 0 Å². The number of amides is 1. The SMILES string of the molecule is CC(C)C(=O)Nc1cc2cc(C(C)(C)C)n(C[C@@H](O)CO)c2cc1F. The molecule has 5 nitrogen and oxygen atoms in total. The minimum atomic E-state index is -0.930. The molecule has 2 aromatic rings. The number of aliphatic hydroxyl groups is 2. The fraction of sp³-hybridized carbons (Fsp3) is 0.526. The number of carbonyl (C=O) groups excluding carboxylic acids is 1. The Balaban J connectivity index is 2.58. The molecule has 0 spiro atoms. The molecular formula is C19H27FN2O3. The molecule has 138 valence electrons. The molecule has 6 heteroatoms. The van der Waals surface area contributed by atoms with Gasteiger partial charge in [-0.3, -0.25) is 4.79 Å². The molecule has 1 aromatic heterocycles. The summed E-state index contributed by atoms with van der Waals surface area (Å²) >= 11 is 0. The summed E-state index contributed by atoms with van der Waals surface area (Å²) in [6, 6.07) is 4.91. The maximum atomic E-state index is 14.5. The van der Waals surface area contributed by atoms with Gasteiger partial charge in [0.25, 0.3) is 0 Å². The van der Waals surface area contributed by atoms with Crippen LogP contribution < -0.4 is 5.32 Å². The number of aromatic nitrogens is 1. The van der Waals surface area contributed by atoms with Crippen LogP contribution in [0.25, 0.3) is 10.9 Å². The highest BCUT2D eigenvalue weighted by Crippen LogP contribution is 2.32. The lowest BCUT2D eigenvalue weighted by Gasteiger charge is -2.23. The normalized spacial score (nSPS) is 13.5. The molecule has 1 amide bonds. The number of halogens is 1. The van der Waals surface area contributed by atoms with E-state index in [1.165, 1.54) is 6.07 Å². The number of hydrogen-bond donors (Lipinski definition) is 3. The summed E-state index contributed by atoms with van der Waals surface area (Å²) in [6.07, 6.45) is -0.930. The topological polar surface area (TPSA) is 74.5 Å². The van der Waals surface area contributed by atoms with Gasteiger partial charge in [-0.1, -0.05) is 34.6 Å². The monoisotopic (exact) mass is 350 g/mol. The van der Waals surface area contributed by atoms with Gasteiger partial charge in [0.05, 0.1) is 30.5 Å². The van der Waals surface area contributed by atoms with Crippen molar-refractivity contribution in [2.75, 3.05) is 11.9 Å². The largest absolute Gasteiger partial charge is 0.394 e.